The van der Waals surface area contributed by atoms with E-state index in [2.05, 4.69) is 4.98 Å². The number of thiazole rings is 1. The maximum Gasteiger partial charge on any atom is 0.347 e. The standard InChI is InChI=1S/C13H10N2O3S/c1-18-9-4-2-8(3-5-9)10-6-15-7-11(12(16)17)19-13(15)14-10/h2-7H,1H3,(H,16,17). The summed E-state index contributed by atoms with van der Waals surface area (Å²) in [4.78, 5) is 16.2. The van der Waals surface area contributed by atoms with E-state index in [0.29, 0.717) is 4.96 Å². The summed E-state index contributed by atoms with van der Waals surface area (Å²) in [5, 5.41) is 8.90. The van der Waals surface area contributed by atoms with Crippen LogP contribution in [-0.4, -0.2) is 27.6 Å². The maximum atomic E-state index is 10.8. The molecule has 0 saturated heterocycles. The van der Waals surface area contributed by atoms with Crippen LogP contribution in [0.3, 0.4) is 0 Å². The smallest absolute Gasteiger partial charge is 0.347 e. The Morgan fingerprint density at radius 1 is 1.32 bits per heavy atom. The first-order valence-corrected chi connectivity index (χ1v) is 6.35. The average Bonchev–Trinajstić information content (AvgIpc) is 2.97. The zero-order chi connectivity index (χ0) is 13.4. The monoisotopic (exact) mass is 274 g/mol. The van der Waals surface area contributed by atoms with E-state index in [1.165, 1.54) is 0 Å². The van der Waals surface area contributed by atoms with Crippen LogP contribution in [-0.2, 0) is 0 Å². The first-order valence-electron chi connectivity index (χ1n) is 5.53. The van der Waals surface area contributed by atoms with E-state index in [0.717, 1.165) is 28.3 Å². The summed E-state index contributed by atoms with van der Waals surface area (Å²) in [6, 6.07) is 7.57. The largest absolute Gasteiger partial charge is 0.497 e. The number of hydrogen-bond acceptors (Lipinski definition) is 4. The zero-order valence-electron chi connectivity index (χ0n) is 10.0. The maximum absolute atomic E-state index is 10.8. The van der Waals surface area contributed by atoms with Gasteiger partial charge in [0.05, 0.1) is 12.8 Å². The summed E-state index contributed by atoms with van der Waals surface area (Å²) in [7, 11) is 1.62. The molecule has 5 nitrogen and oxygen atoms in total. The lowest BCUT2D eigenvalue weighted by Crippen LogP contribution is -1.90. The van der Waals surface area contributed by atoms with E-state index in [9.17, 15) is 4.79 Å². The predicted octanol–water partition coefficient (Wildman–Crippen LogP) is 2.77. The minimum atomic E-state index is -0.929. The Balaban J connectivity index is 2.00. The van der Waals surface area contributed by atoms with Crippen LogP contribution in [0.1, 0.15) is 9.67 Å². The van der Waals surface area contributed by atoms with E-state index in [1.54, 1.807) is 17.7 Å². The van der Waals surface area contributed by atoms with Crippen LogP contribution in [0.4, 0.5) is 0 Å². The number of aromatic carboxylic acids is 1. The molecule has 0 fully saturated rings. The molecule has 0 aliphatic rings. The summed E-state index contributed by atoms with van der Waals surface area (Å²) < 4.78 is 6.83. The molecule has 0 bridgehead atoms. The number of hydrogen-bond donors (Lipinski definition) is 1. The Morgan fingerprint density at radius 2 is 2.05 bits per heavy atom. The van der Waals surface area contributed by atoms with Crippen molar-refractivity contribution in [3.8, 4) is 17.0 Å². The lowest BCUT2D eigenvalue weighted by atomic mass is 10.2. The zero-order valence-corrected chi connectivity index (χ0v) is 10.8. The van der Waals surface area contributed by atoms with Gasteiger partial charge in [-0.15, -0.1) is 0 Å². The molecule has 0 radical (unpaired) electrons. The van der Waals surface area contributed by atoms with Crippen molar-refractivity contribution in [3.63, 3.8) is 0 Å². The Bertz CT molecular complexity index is 711. The fourth-order valence-electron chi connectivity index (χ4n) is 1.80. The number of aromatic nitrogens is 2. The second-order valence-corrected chi connectivity index (χ2v) is 4.95. The van der Waals surface area contributed by atoms with Gasteiger partial charge in [0.1, 0.15) is 10.6 Å². The number of ether oxygens (including phenoxy) is 1. The van der Waals surface area contributed by atoms with E-state index >= 15 is 0 Å². The predicted molar refractivity (Wildman–Crippen MR) is 72.0 cm³/mol. The Hall–Kier alpha value is -2.34. The van der Waals surface area contributed by atoms with Gasteiger partial charge in [0, 0.05) is 18.0 Å². The van der Waals surface area contributed by atoms with Gasteiger partial charge in [-0.3, -0.25) is 4.40 Å². The minimum Gasteiger partial charge on any atom is -0.497 e. The van der Waals surface area contributed by atoms with Crippen molar-refractivity contribution in [2.45, 2.75) is 0 Å². The first kappa shape index (κ1) is 11.7. The third-order valence-electron chi connectivity index (χ3n) is 2.75. The molecule has 3 aromatic rings. The molecule has 0 aliphatic carbocycles. The molecular weight excluding hydrogens is 264 g/mol. The highest BCUT2D eigenvalue weighted by atomic mass is 32.1. The number of fused-ring (bicyclic) bond motifs is 1. The van der Waals surface area contributed by atoms with Gasteiger partial charge in [-0.05, 0) is 24.3 Å². The average molecular weight is 274 g/mol. The molecule has 0 saturated carbocycles. The summed E-state index contributed by atoms with van der Waals surface area (Å²) in [5.41, 5.74) is 1.78. The van der Waals surface area contributed by atoms with Gasteiger partial charge in [0.2, 0.25) is 0 Å². The molecule has 0 spiro atoms. The van der Waals surface area contributed by atoms with Crippen molar-refractivity contribution in [1.29, 1.82) is 0 Å². The van der Waals surface area contributed by atoms with E-state index < -0.39 is 5.97 Å². The Labute approximate surface area is 112 Å². The summed E-state index contributed by atoms with van der Waals surface area (Å²) >= 11 is 1.16. The van der Waals surface area contributed by atoms with Crippen molar-refractivity contribution in [2.24, 2.45) is 0 Å². The van der Waals surface area contributed by atoms with E-state index in [4.69, 9.17) is 9.84 Å². The SMILES string of the molecule is COc1ccc(-c2cn3cc(C(=O)O)sc3n2)cc1. The van der Waals surface area contributed by atoms with Crippen LogP contribution in [0.25, 0.3) is 16.2 Å². The molecule has 19 heavy (non-hydrogen) atoms. The molecule has 1 aromatic carbocycles. The van der Waals surface area contributed by atoms with Crippen LogP contribution in [0, 0.1) is 0 Å². The van der Waals surface area contributed by atoms with Gasteiger partial charge in [0.15, 0.2) is 4.96 Å². The molecule has 0 aliphatic heterocycles. The lowest BCUT2D eigenvalue weighted by molar-refractivity contribution is 0.0702. The van der Waals surface area contributed by atoms with Crippen LogP contribution in [0.5, 0.6) is 5.75 Å². The van der Waals surface area contributed by atoms with Crippen LogP contribution < -0.4 is 4.74 Å². The number of carboxylic acids is 1. The van der Waals surface area contributed by atoms with Crippen molar-refractivity contribution >= 4 is 22.3 Å². The Morgan fingerprint density at radius 3 is 2.63 bits per heavy atom. The highest BCUT2D eigenvalue weighted by molar-refractivity contribution is 7.18. The molecule has 6 heteroatoms. The normalized spacial score (nSPS) is 10.8. The van der Waals surface area contributed by atoms with Crippen molar-refractivity contribution in [2.75, 3.05) is 7.11 Å². The minimum absolute atomic E-state index is 0.281. The van der Waals surface area contributed by atoms with Gasteiger partial charge >= 0.3 is 5.97 Å². The third kappa shape index (κ3) is 2.06. The molecule has 1 N–H and O–H groups in total. The van der Waals surface area contributed by atoms with Crippen molar-refractivity contribution in [1.82, 2.24) is 9.38 Å². The van der Waals surface area contributed by atoms with Crippen molar-refractivity contribution < 1.29 is 14.6 Å². The summed E-state index contributed by atoms with van der Waals surface area (Å²) in [6.45, 7) is 0. The summed E-state index contributed by atoms with van der Waals surface area (Å²) in [5.74, 6) is -0.139. The molecule has 96 valence electrons. The molecule has 3 rings (SSSR count). The van der Waals surface area contributed by atoms with Gasteiger partial charge in [0.25, 0.3) is 0 Å². The van der Waals surface area contributed by atoms with Gasteiger partial charge in [-0.25, -0.2) is 9.78 Å². The van der Waals surface area contributed by atoms with E-state index in [1.807, 2.05) is 30.5 Å². The summed E-state index contributed by atoms with van der Waals surface area (Å²) in [6.07, 6.45) is 3.39. The van der Waals surface area contributed by atoms with Crippen LogP contribution in [0.15, 0.2) is 36.7 Å². The number of imidazole rings is 1. The molecule has 0 atom stereocenters. The molecule has 0 unspecified atom stereocenters. The van der Waals surface area contributed by atoms with E-state index in [-0.39, 0.29) is 4.88 Å². The van der Waals surface area contributed by atoms with Gasteiger partial charge in [-0.1, -0.05) is 11.3 Å². The second-order valence-electron chi connectivity index (χ2n) is 3.95. The molecular formula is C13H10N2O3S. The highest BCUT2D eigenvalue weighted by Gasteiger charge is 2.12. The molecule has 2 heterocycles. The Kier molecular flexibility index (Phi) is 2.72. The topological polar surface area (TPSA) is 63.8 Å². The third-order valence-corrected chi connectivity index (χ3v) is 3.74. The lowest BCUT2D eigenvalue weighted by Gasteiger charge is -2.00. The number of carboxylic acid groups (broad SMARTS) is 1. The number of benzene rings is 1. The number of methoxy groups -OCH3 is 1. The van der Waals surface area contributed by atoms with Crippen LogP contribution >= 0.6 is 11.3 Å². The highest BCUT2D eigenvalue weighted by Crippen LogP contribution is 2.25. The number of nitrogens with zero attached hydrogens (tertiary/aromatic N) is 2. The number of rotatable bonds is 3. The van der Waals surface area contributed by atoms with Crippen molar-refractivity contribution in [3.05, 3.63) is 41.5 Å². The van der Waals surface area contributed by atoms with Gasteiger partial charge < -0.3 is 9.84 Å². The molecule has 2 aromatic heterocycles. The number of carbonyl (C=O) groups is 1. The second kappa shape index (κ2) is 4.40. The quantitative estimate of drug-likeness (QED) is 0.797. The fraction of sp³-hybridized carbons (Fsp3) is 0.0769. The van der Waals surface area contributed by atoms with Crippen LogP contribution in [0.2, 0.25) is 0 Å². The molecule has 0 amide bonds. The fourth-order valence-corrected chi connectivity index (χ4v) is 2.60. The first-order chi connectivity index (χ1) is 9.17. The van der Waals surface area contributed by atoms with Gasteiger partial charge in [-0.2, -0.15) is 0 Å².